The predicted molar refractivity (Wildman–Crippen MR) is 83.4 cm³/mol. The minimum absolute atomic E-state index is 0.520. The SMILES string of the molecule is CNC/C(=C/C(C)c1ccccc1)C1CCCCC1. The Kier molecular flexibility index (Phi) is 5.65. The van der Waals surface area contributed by atoms with Crippen LogP contribution in [0.1, 0.15) is 50.5 Å². The Bertz CT molecular complexity index is 387. The maximum Gasteiger partial charge on any atom is 0.0164 e. The van der Waals surface area contributed by atoms with Crippen LogP contribution in [0.4, 0.5) is 0 Å². The summed E-state index contributed by atoms with van der Waals surface area (Å²) in [7, 11) is 2.06. The lowest BCUT2D eigenvalue weighted by atomic mass is 9.82. The lowest BCUT2D eigenvalue weighted by Gasteiger charge is -2.25. The highest BCUT2D eigenvalue weighted by molar-refractivity contribution is 5.26. The minimum atomic E-state index is 0.520. The molecule has 1 fully saturated rings. The molecule has 0 amide bonds. The molecule has 1 aliphatic carbocycles. The smallest absolute Gasteiger partial charge is 0.0164 e. The second-order valence-electron chi connectivity index (χ2n) is 5.81. The normalized spacial score (nSPS) is 19.4. The van der Waals surface area contributed by atoms with Crippen molar-refractivity contribution in [2.45, 2.75) is 44.9 Å². The average molecular weight is 257 g/mol. The molecule has 1 saturated carbocycles. The van der Waals surface area contributed by atoms with Gasteiger partial charge in [-0.05, 0) is 37.3 Å². The van der Waals surface area contributed by atoms with Crippen LogP contribution in [-0.2, 0) is 0 Å². The van der Waals surface area contributed by atoms with Crippen LogP contribution in [0, 0.1) is 5.92 Å². The molecule has 0 radical (unpaired) electrons. The van der Waals surface area contributed by atoms with E-state index in [1.807, 2.05) is 0 Å². The quantitative estimate of drug-likeness (QED) is 0.765. The molecule has 0 saturated heterocycles. The molecule has 1 N–H and O–H groups in total. The summed E-state index contributed by atoms with van der Waals surface area (Å²) in [6.45, 7) is 3.36. The van der Waals surface area contributed by atoms with E-state index < -0.39 is 0 Å². The van der Waals surface area contributed by atoms with Gasteiger partial charge in [-0.25, -0.2) is 0 Å². The fourth-order valence-electron chi connectivity index (χ4n) is 3.19. The highest BCUT2D eigenvalue weighted by Gasteiger charge is 2.18. The average Bonchev–Trinajstić information content (AvgIpc) is 2.48. The Labute approximate surface area is 118 Å². The Hall–Kier alpha value is -1.08. The van der Waals surface area contributed by atoms with Gasteiger partial charge in [-0.3, -0.25) is 0 Å². The molecule has 1 atom stereocenters. The Morgan fingerprint density at radius 2 is 1.89 bits per heavy atom. The first-order valence-corrected chi connectivity index (χ1v) is 7.71. The van der Waals surface area contributed by atoms with Crippen molar-refractivity contribution in [2.75, 3.05) is 13.6 Å². The second kappa shape index (κ2) is 7.49. The molecule has 1 aromatic rings. The number of rotatable bonds is 5. The number of benzene rings is 1. The van der Waals surface area contributed by atoms with E-state index in [9.17, 15) is 0 Å². The van der Waals surface area contributed by atoms with E-state index >= 15 is 0 Å². The van der Waals surface area contributed by atoms with Crippen molar-refractivity contribution in [3.8, 4) is 0 Å². The zero-order valence-electron chi connectivity index (χ0n) is 12.4. The molecule has 1 heteroatoms. The molecule has 1 aromatic carbocycles. The topological polar surface area (TPSA) is 12.0 Å². The molecule has 0 heterocycles. The summed E-state index contributed by atoms with van der Waals surface area (Å²) in [4.78, 5) is 0. The van der Waals surface area contributed by atoms with Crippen molar-refractivity contribution in [2.24, 2.45) is 5.92 Å². The summed E-state index contributed by atoms with van der Waals surface area (Å²) in [6.07, 6.45) is 9.51. The summed E-state index contributed by atoms with van der Waals surface area (Å²) in [5.41, 5.74) is 3.05. The van der Waals surface area contributed by atoms with Crippen LogP contribution >= 0.6 is 0 Å². The largest absolute Gasteiger partial charge is 0.316 e. The van der Waals surface area contributed by atoms with E-state index in [2.05, 4.69) is 55.7 Å². The van der Waals surface area contributed by atoms with Gasteiger partial charge >= 0.3 is 0 Å². The van der Waals surface area contributed by atoms with Crippen molar-refractivity contribution in [3.63, 3.8) is 0 Å². The minimum Gasteiger partial charge on any atom is -0.316 e. The van der Waals surface area contributed by atoms with Gasteiger partial charge in [0.1, 0.15) is 0 Å². The first kappa shape index (κ1) is 14.3. The van der Waals surface area contributed by atoms with E-state index in [1.54, 1.807) is 5.57 Å². The van der Waals surface area contributed by atoms with Gasteiger partial charge < -0.3 is 5.32 Å². The fourth-order valence-corrected chi connectivity index (χ4v) is 3.19. The summed E-state index contributed by atoms with van der Waals surface area (Å²) < 4.78 is 0. The van der Waals surface area contributed by atoms with Gasteiger partial charge in [-0.2, -0.15) is 0 Å². The lowest BCUT2D eigenvalue weighted by Crippen LogP contribution is -2.19. The van der Waals surface area contributed by atoms with Gasteiger partial charge in [-0.15, -0.1) is 0 Å². The van der Waals surface area contributed by atoms with Gasteiger partial charge in [0.05, 0.1) is 0 Å². The third kappa shape index (κ3) is 4.21. The predicted octanol–water partition coefficient (Wildman–Crippen LogP) is 4.52. The molecule has 1 unspecified atom stereocenters. The number of nitrogens with one attached hydrogen (secondary N) is 1. The molecule has 1 nitrogen and oxygen atoms in total. The number of allylic oxidation sites excluding steroid dienone is 1. The van der Waals surface area contributed by atoms with Crippen molar-refractivity contribution in [1.29, 1.82) is 0 Å². The first-order valence-electron chi connectivity index (χ1n) is 7.71. The molecule has 2 rings (SSSR count). The van der Waals surface area contributed by atoms with E-state index in [-0.39, 0.29) is 0 Å². The van der Waals surface area contributed by atoms with Crippen molar-refractivity contribution >= 4 is 0 Å². The van der Waals surface area contributed by atoms with E-state index in [1.165, 1.54) is 37.7 Å². The molecular formula is C18H27N. The van der Waals surface area contributed by atoms with Gasteiger partial charge in [0, 0.05) is 6.54 Å². The monoisotopic (exact) mass is 257 g/mol. The van der Waals surface area contributed by atoms with Crippen LogP contribution < -0.4 is 5.32 Å². The zero-order chi connectivity index (χ0) is 13.5. The van der Waals surface area contributed by atoms with Crippen LogP contribution in [0.15, 0.2) is 42.0 Å². The Morgan fingerprint density at radius 3 is 2.53 bits per heavy atom. The molecule has 1 aliphatic rings. The highest BCUT2D eigenvalue weighted by atomic mass is 14.8. The number of likely N-dealkylation sites (N-methyl/N-ethyl adjacent to an activating group) is 1. The van der Waals surface area contributed by atoms with Crippen LogP contribution in [0.5, 0.6) is 0 Å². The third-order valence-corrected chi connectivity index (χ3v) is 4.30. The van der Waals surface area contributed by atoms with Crippen LogP contribution in [0.2, 0.25) is 0 Å². The molecule has 0 bridgehead atoms. The standard InChI is InChI=1S/C18H27N/c1-15(16-9-5-3-6-10-16)13-18(14-19-2)17-11-7-4-8-12-17/h3,5-6,9-10,13,15,17,19H,4,7-8,11-12,14H2,1-2H3/b18-13-. The van der Waals surface area contributed by atoms with Crippen molar-refractivity contribution < 1.29 is 0 Å². The van der Waals surface area contributed by atoms with Crippen LogP contribution in [0.3, 0.4) is 0 Å². The van der Waals surface area contributed by atoms with Crippen molar-refractivity contribution in [3.05, 3.63) is 47.5 Å². The first-order chi connectivity index (χ1) is 9.31. The summed E-state index contributed by atoms with van der Waals surface area (Å²) in [6, 6.07) is 10.8. The van der Waals surface area contributed by atoms with Gasteiger partial charge in [0.2, 0.25) is 0 Å². The van der Waals surface area contributed by atoms with Gasteiger partial charge in [-0.1, -0.05) is 68.2 Å². The fraction of sp³-hybridized carbons (Fsp3) is 0.556. The van der Waals surface area contributed by atoms with Crippen LogP contribution in [-0.4, -0.2) is 13.6 Å². The molecule has 0 aliphatic heterocycles. The summed E-state index contributed by atoms with van der Waals surface area (Å²) in [5.74, 6) is 1.33. The molecular weight excluding hydrogens is 230 g/mol. The van der Waals surface area contributed by atoms with Gasteiger partial charge in [0.15, 0.2) is 0 Å². The molecule has 0 aromatic heterocycles. The molecule has 19 heavy (non-hydrogen) atoms. The second-order valence-corrected chi connectivity index (χ2v) is 5.81. The van der Waals surface area contributed by atoms with E-state index in [0.717, 1.165) is 12.5 Å². The number of hydrogen-bond acceptors (Lipinski definition) is 1. The maximum atomic E-state index is 3.35. The van der Waals surface area contributed by atoms with E-state index in [4.69, 9.17) is 0 Å². The Balaban J connectivity index is 2.10. The lowest BCUT2D eigenvalue weighted by molar-refractivity contribution is 0.395. The van der Waals surface area contributed by atoms with Gasteiger partial charge in [0.25, 0.3) is 0 Å². The summed E-state index contributed by atoms with van der Waals surface area (Å²) >= 11 is 0. The Morgan fingerprint density at radius 1 is 1.21 bits per heavy atom. The highest BCUT2D eigenvalue weighted by Crippen LogP contribution is 2.31. The van der Waals surface area contributed by atoms with E-state index in [0.29, 0.717) is 5.92 Å². The van der Waals surface area contributed by atoms with Crippen LogP contribution in [0.25, 0.3) is 0 Å². The summed E-state index contributed by atoms with van der Waals surface area (Å²) in [5, 5.41) is 3.35. The maximum absolute atomic E-state index is 3.35. The number of hydrogen-bond donors (Lipinski definition) is 1. The molecule has 0 spiro atoms. The third-order valence-electron chi connectivity index (χ3n) is 4.30. The van der Waals surface area contributed by atoms with Crippen molar-refractivity contribution in [1.82, 2.24) is 5.32 Å². The molecule has 104 valence electrons. The zero-order valence-corrected chi connectivity index (χ0v) is 12.4.